The van der Waals surface area contributed by atoms with E-state index in [4.69, 9.17) is 14.2 Å². The summed E-state index contributed by atoms with van der Waals surface area (Å²) in [6.07, 6.45) is 0.308. The predicted molar refractivity (Wildman–Crippen MR) is 108 cm³/mol. The first-order valence-electron chi connectivity index (χ1n) is 9.67. The predicted octanol–water partition coefficient (Wildman–Crippen LogP) is 3.53. The average Bonchev–Trinajstić information content (AvgIpc) is 2.71. The normalized spacial score (nSPS) is 20.0. The zero-order valence-corrected chi connectivity index (χ0v) is 17.3. The fourth-order valence-corrected chi connectivity index (χ4v) is 4.13. The van der Waals surface area contributed by atoms with Crippen LogP contribution in [0.3, 0.4) is 0 Å². The van der Waals surface area contributed by atoms with E-state index in [9.17, 15) is 15.0 Å². The van der Waals surface area contributed by atoms with Crippen LogP contribution in [-0.2, 0) is 21.3 Å². The smallest absolute Gasteiger partial charge is 0.341 e. The molecule has 1 aliphatic rings. The Balaban J connectivity index is 2.08. The number of ether oxygens (including phenoxy) is 3. The summed E-state index contributed by atoms with van der Waals surface area (Å²) in [5.41, 5.74) is 2.57. The van der Waals surface area contributed by atoms with E-state index in [2.05, 4.69) is 13.8 Å². The second kappa shape index (κ2) is 8.43. The van der Waals surface area contributed by atoms with Crippen LogP contribution in [0.15, 0.2) is 36.4 Å². The molecule has 29 heavy (non-hydrogen) atoms. The standard InChI is InChI=1S/C23H28O6/c1-23(2)17-9-8-15(27-3)13-16(17)19(29-20(23)10-11-24)12-14-6-5-7-18(25)21(14)22(26)28-4/h5-9,13,19-20,24-25H,10-12H2,1-4H3/t19-,20+/m1/s1. The van der Waals surface area contributed by atoms with Crippen LogP contribution in [0.4, 0.5) is 0 Å². The number of carbonyl (C=O) groups is 1. The van der Waals surface area contributed by atoms with Gasteiger partial charge in [-0.2, -0.15) is 0 Å². The Morgan fingerprint density at radius 2 is 1.97 bits per heavy atom. The van der Waals surface area contributed by atoms with Crippen LogP contribution in [-0.4, -0.2) is 43.1 Å². The zero-order valence-electron chi connectivity index (χ0n) is 17.3. The molecule has 2 N–H and O–H groups in total. The molecular formula is C23H28O6. The van der Waals surface area contributed by atoms with Crippen molar-refractivity contribution in [3.05, 3.63) is 58.7 Å². The number of fused-ring (bicyclic) bond motifs is 1. The minimum atomic E-state index is -0.591. The number of phenolic OH excluding ortho intramolecular Hbond substituents is 1. The monoisotopic (exact) mass is 400 g/mol. The van der Waals surface area contributed by atoms with Gasteiger partial charge in [-0.05, 0) is 41.3 Å². The molecule has 1 aliphatic heterocycles. The maximum atomic E-state index is 12.2. The fourth-order valence-electron chi connectivity index (χ4n) is 4.13. The summed E-state index contributed by atoms with van der Waals surface area (Å²) < 4.78 is 16.7. The van der Waals surface area contributed by atoms with Gasteiger partial charge in [-0.1, -0.05) is 32.0 Å². The van der Waals surface area contributed by atoms with E-state index in [-0.39, 0.29) is 35.5 Å². The lowest BCUT2D eigenvalue weighted by atomic mass is 9.72. The molecule has 0 radical (unpaired) electrons. The molecule has 0 fully saturated rings. The number of aromatic hydroxyl groups is 1. The van der Waals surface area contributed by atoms with Crippen LogP contribution in [0.5, 0.6) is 11.5 Å². The van der Waals surface area contributed by atoms with Gasteiger partial charge < -0.3 is 24.4 Å². The van der Waals surface area contributed by atoms with Gasteiger partial charge in [0.2, 0.25) is 0 Å². The summed E-state index contributed by atoms with van der Waals surface area (Å²) in [6.45, 7) is 4.22. The molecule has 1 heterocycles. The van der Waals surface area contributed by atoms with Crippen molar-refractivity contribution in [1.82, 2.24) is 0 Å². The van der Waals surface area contributed by atoms with Gasteiger partial charge in [-0.25, -0.2) is 4.79 Å². The summed E-state index contributed by atoms with van der Waals surface area (Å²) in [5.74, 6) is 0.00753. The number of hydrogen-bond acceptors (Lipinski definition) is 6. The van der Waals surface area contributed by atoms with Crippen LogP contribution in [0.2, 0.25) is 0 Å². The number of benzene rings is 2. The first kappa shape index (κ1) is 21.1. The van der Waals surface area contributed by atoms with Crippen molar-refractivity contribution in [1.29, 1.82) is 0 Å². The number of rotatable bonds is 6. The SMILES string of the molecule is COC(=O)c1c(O)cccc1C[C@H]1O[C@@H](CCO)C(C)(C)c2ccc(OC)cc21. The van der Waals surface area contributed by atoms with Crippen molar-refractivity contribution in [3.8, 4) is 11.5 Å². The molecule has 6 heteroatoms. The Bertz CT molecular complexity index is 889. The number of carbonyl (C=O) groups excluding carboxylic acids is 1. The number of phenols is 1. The van der Waals surface area contributed by atoms with Gasteiger partial charge in [0.25, 0.3) is 0 Å². The third kappa shape index (κ3) is 3.95. The van der Waals surface area contributed by atoms with E-state index < -0.39 is 5.97 Å². The molecule has 6 nitrogen and oxygen atoms in total. The van der Waals surface area contributed by atoms with E-state index in [1.54, 1.807) is 19.2 Å². The number of aliphatic hydroxyl groups excluding tert-OH is 1. The van der Waals surface area contributed by atoms with Crippen molar-refractivity contribution >= 4 is 5.97 Å². The van der Waals surface area contributed by atoms with Gasteiger partial charge in [-0.3, -0.25) is 0 Å². The average molecular weight is 400 g/mol. The molecule has 0 saturated heterocycles. The molecule has 0 amide bonds. The lowest BCUT2D eigenvalue weighted by Gasteiger charge is -2.44. The Hall–Kier alpha value is -2.57. The van der Waals surface area contributed by atoms with Crippen molar-refractivity contribution in [2.75, 3.05) is 20.8 Å². The molecular weight excluding hydrogens is 372 g/mol. The summed E-state index contributed by atoms with van der Waals surface area (Å²) in [4.78, 5) is 12.2. The Morgan fingerprint density at radius 1 is 1.21 bits per heavy atom. The molecule has 2 atom stereocenters. The molecule has 0 aromatic heterocycles. The molecule has 0 unspecified atom stereocenters. The number of aliphatic hydroxyl groups is 1. The number of hydrogen-bond donors (Lipinski definition) is 2. The molecule has 2 aromatic rings. The Kier molecular flexibility index (Phi) is 6.15. The van der Waals surface area contributed by atoms with Crippen molar-refractivity contribution in [3.63, 3.8) is 0 Å². The highest BCUT2D eigenvalue weighted by Gasteiger charge is 2.41. The van der Waals surface area contributed by atoms with E-state index >= 15 is 0 Å². The van der Waals surface area contributed by atoms with E-state index in [0.29, 0.717) is 18.4 Å². The molecule has 0 saturated carbocycles. The van der Waals surface area contributed by atoms with E-state index in [0.717, 1.165) is 16.9 Å². The summed E-state index contributed by atoms with van der Waals surface area (Å²) >= 11 is 0. The molecule has 0 aliphatic carbocycles. The second-order valence-electron chi connectivity index (χ2n) is 7.81. The van der Waals surface area contributed by atoms with Gasteiger partial charge in [0.05, 0.1) is 26.4 Å². The van der Waals surface area contributed by atoms with Crippen molar-refractivity contribution < 1.29 is 29.2 Å². The summed E-state index contributed by atoms with van der Waals surface area (Å²) in [7, 11) is 2.90. The highest BCUT2D eigenvalue weighted by Crippen LogP contribution is 2.45. The molecule has 156 valence electrons. The topological polar surface area (TPSA) is 85.2 Å². The highest BCUT2D eigenvalue weighted by molar-refractivity contribution is 5.94. The van der Waals surface area contributed by atoms with E-state index in [1.807, 2.05) is 18.2 Å². The summed E-state index contributed by atoms with van der Waals surface area (Å²) in [5, 5.41) is 19.8. The lowest BCUT2D eigenvalue weighted by Crippen LogP contribution is -2.43. The van der Waals surface area contributed by atoms with Crippen molar-refractivity contribution in [2.45, 2.75) is 44.3 Å². The largest absolute Gasteiger partial charge is 0.507 e. The van der Waals surface area contributed by atoms with Crippen LogP contribution < -0.4 is 4.74 Å². The van der Waals surface area contributed by atoms with Crippen molar-refractivity contribution in [2.24, 2.45) is 0 Å². The van der Waals surface area contributed by atoms with Gasteiger partial charge in [0.15, 0.2) is 0 Å². The van der Waals surface area contributed by atoms with Gasteiger partial charge in [0, 0.05) is 18.4 Å². The maximum absolute atomic E-state index is 12.2. The second-order valence-corrected chi connectivity index (χ2v) is 7.81. The third-order valence-electron chi connectivity index (χ3n) is 5.75. The fraction of sp³-hybridized carbons (Fsp3) is 0.435. The minimum absolute atomic E-state index is 0.0197. The molecule has 3 rings (SSSR count). The highest BCUT2D eigenvalue weighted by atomic mass is 16.5. The number of methoxy groups -OCH3 is 2. The molecule has 2 aromatic carbocycles. The van der Waals surface area contributed by atoms with Gasteiger partial charge in [-0.15, -0.1) is 0 Å². The lowest BCUT2D eigenvalue weighted by molar-refractivity contribution is -0.0745. The minimum Gasteiger partial charge on any atom is -0.507 e. The van der Waals surface area contributed by atoms with Crippen LogP contribution in [0.1, 0.15) is 53.4 Å². The zero-order chi connectivity index (χ0) is 21.2. The van der Waals surface area contributed by atoms with Crippen LogP contribution in [0.25, 0.3) is 0 Å². The first-order valence-corrected chi connectivity index (χ1v) is 9.67. The molecule has 0 spiro atoms. The van der Waals surface area contributed by atoms with E-state index in [1.165, 1.54) is 13.2 Å². The maximum Gasteiger partial charge on any atom is 0.341 e. The Morgan fingerprint density at radius 3 is 2.62 bits per heavy atom. The van der Waals surface area contributed by atoms with Crippen LogP contribution in [0, 0.1) is 0 Å². The molecule has 0 bridgehead atoms. The quantitative estimate of drug-likeness (QED) is 0.722. The number of esters is 1. The third-order valence-corrected chi connectivity index (χ3v) is 5.75. The van der Waals surface area contributed by atoms with Gasteiger partial charge >= 0.3 is 5.97 Å². The first-order chi connectivity index (χ1) is 13.8. The van der Waals surface area contributed by atoms with Crippen LogP contribution >= 0.6 is 0 Å². The Labute approximate surface area is 171 Å². The van der Waals surface area contributed by atoms with Gasteiger partial charge in [0.1, 0.15) is 17.1 Å². The summed E-state index contributed by atoms with van der Waals surface area (Å²) in [6, 6.07) is 10.9.